The van der Waals surface area contributed by atoms with Crippen molar-refractivity contribution in [3.63, 3.8) is 0 Å². The SMILES string of the molecule is CCB(CC)[C](C)(C(=C=[C]([Sn]([CH3])([CH3])[CH3])[Sn]([CH3])([CH3])[CH3])CC)[Sn]([CH3])([CH3])[CH3]. The monoisotopic (exact) mass is 656 g/mol. The second-order valence-electron chi connectivity index (χ2n) is 10.8. The van der Waals surface area contributed by atoms with Crippen molar-refractivity contribution >= 4 is 61.8 Å². The molecule has 0 rings (SSSR count). The van der Waals surface area contributed by atoms with Gasteiger partial charge in [0, 0.05) is 0 Å². The number of rotatable bonds is 8. The molecule has 0 aromatic carbocycles. The molecule has 4 heteroatoms. The second-order valence-corrected chi connectivity index (χ2v) is 59.2. The van der Waals surface area contributed by atoms with Gasteiger partial charge in [-0.15, -0.1) is 0 Å². The average molecular weight is 653 g/mol. The molecule has 0 aliphatic heterocycles. The Bertz CT molecular complexity index is 462. The van der Waals surface area contributed by atoms with Crippen molar-refractivity contribution in [3.05, 3.63) is 12.9 Å². The topological polar surface area (TPSA) is 0 Å². The molecule has 1 unspecified atom stereocenters. The van der Waals surface area contributed by atoms with Gasteiger partial charge in [0.2, 0.25) is 0 Å². The molecule has 0 aromatic heterocycles. The van der Waals surface area contributed by atoms with Gasteiger partial charge in [0.15, 0.2) is 0 Å². The molecular formula is C20H45BSn3. The first-order valence-electron chi connectivity index (χ1n) is 10.1. The molecule has 0 fully saturated rings. The minimum atomic E-state index is -2.18. The summed E-state index contributed by atoms with van der Waals surface area (Å²) >= 11 is -6.36. The van der Waals surface area contributed by atoms with Crippen molar-refractivity contribution in [2.45, 2.75) is 94.5 Å². The van der Waals surface area contributed by atoms with E-state index < -0.39 is 55.1 Å². The number of hydrogen-bond acceptors (Lipinski definition) is 0. The van der Waals surface area contributed by atoms with Crippen LogP contribution in [0.5, 0.6) is 0 Å². The van der Waals surface area contributed by atoms with Gasteiger partial charge in [0.25, 0.3) is 0 Å². The normalized spacial score (nSPS) is 15.5. The Morgan fingerprint density at radius 3 is 1.38 bits per heavy atom. The van der Waals surface area contributed by atoms with E-state index in [1.54, 1.807) is 5.57 Å². The summed E-state index contributed by atoms with van der Waals surface area (Å²) in [5.74, 6) is 0. The van der Waals surface area contributed by atoms with E-state index in [4.69, 9.17) is 0 Å². The third-order valence-electron chi connectivity index (χ3n) is 6.12. The van der Waals surface area contributed by atoms with Crippen LogP contribution in [0.25, 0.3) is 0 Å². The first kappa shape index (κ1) is 26.0. The molecular weight excluding hydrogens is 607 g/mol. The summed E-state index contributed by atoms with van der Waals surface area (Å²) in [5, 5.41) is 0. The van der Waals surface area contributed by atoms with E-state index >= 15 is 0 Å². The Morgan fingerprint density at radius 2 is 1.17 bits per heavy atom. The molecule has 24 heavy (non-hydrogen) atoms. The molecule has 0 aliphatic rings. The van der Waals surface area contributed by atoms with Crippen LogP contribution in [0.1, 0.15) is 34.1 Å². The van der Waals surface area contributed by atoms with Crippen molar-refractivity contribution < 1.29 is 0 Å². The van der Waals surface area contributed by atoms with Gasteiger partial charge < -0.3 is 0 Å². The Hall–Kier alpha value is 1.98. The molecule has 0 spiro atoms. The first-order chi connectivity index (χ1) is 10.6. The molecule has 0 bridgehead atoms. The zero-order chi connectivity index (χ0) is 19.6. The summed E-state index contributed by atoms with van der Waals surface area (Å²) in [6.45, 7) is 10.7. The van der Waals surface area contributed by atoms with Gasteiger partial charge >= 0.3 is 169 Å². The summed E-state index contributed by atoms with van der Waals surface area (Å²) in [4.78, 5) is 23.6. The van der Waals surface area contributed by atoms with Crippen LogP contribution in [0.15, 0.2) is 12.9 Å². The van der Waals surface area contributed by atoms with Gasteiger partial charge in [0.1, 0.15) is 0 Å². The molecule has 0 aromatic rings. The van der Waals surface area contributed by atoms with Crippen LogP contribution < -0.4 is 0 Å². The number of hydrogen-bond donors (Lipinski definition) is 0. The van der Waals surface area contributed by atoms with Crippen molar-refractivity contribution in [2.75, 3.05) is 0 Å². The van der Waals surface area contributed by atoms with Crippen molar-refractivity contribution in [1.82, 2.24) is 0 Å². The van der Waals surface area contributed by atoms with E-state index in [-0.39, 0.29) is 0 Å². The zero-order valence-corrected chi connectivity index (χ0v) is 27.8. The van der Waals surface area contributed by atoms with Gasteiger partial charge in [-0.1, -0.05) is 0 Å². The minimum absolute atomic E-state index is 0.451. The van der Waals surface area contributed by atoms with Gasteiger partial charge in [-0.2, -0.15) is 0 Å². The van der Waals surface area contributed by atoms with Gasteiger partial charge in [-0.25, -0.2) is 0 Å². The molecule has 0 saturated heterocycles. The first-order valence-corrected chi connectivity index (χ1v) is 40.0. The second kappa shape index (κ2) is 9.45. The molecule has 0 radical (unpaired) electrons. The van der Waals surface area contributed by atoms with E-state index in [0.717, 1.165) is 6.71 Å². The predicted octanol–water partition coefficient (Wildman–Crippen LogP) is 7.78. The third-order valence-corrected chi connectivity index (χ3v) is 55.0. The maximum atomic E-state index is 4.25. The fraction of sp³-hybridized carbons (Fsp3) is 0.850. The Kier molecular flexibility index (Phi) is 10.2. The Balaban J connectivity index is 6.90. The van der Waals surface area contributed by atoms with Crippen LogP contribution in [0.2, 0.25) is 60.4 Å². The fourth-order valence-corrected chi connectivity index (χ4v) is 65.1. The molecule has 0 aliphatic carbocycles. The Morgan fingerprint density at radius 1 is 0.792 bits per heavy atom. The molecule has 1 atom stereocenters. The van der Waals surface area contributed by atoms with Crippen molar-refractivity contribution in [1.29, 1.82) is 0 Å². The molecule has 0 saturated carbocycles. The molecule has 140 valence electrons. The average Bonchev–Trinajstić information content (AvgIpc) is 2.36. The number of allylic oxidation sites excluding steroid dienone is 1. The predicted molar refractivity (Wildman–Crippen MR) is 126 cm³/mol. The third kappa shape index (κ3) is 6.26. The van der Waals surface area contributed by atoms with Gasteiger partial charge in [-0.3, -0.25) is 0 Å². The standard InChI is InChI=1S/C11H18B.9CH3.3Sn/c1-6-11(7-2)10(5)12(8-3)9-4;;;;;;;;;;;;/h6,8-9H2,1,3-5H3;9*1H3;;;. The summed E-state index contributed by atoms with van der Waals surface area (Å²) in [6.07, 6.45) is 3.84. The van der Waals surface area contributed by atoms with Crippen molar-refractivity contribution in [2.24, 2.45) is 0 Å². The summed E-state index contributed by atoms with van der Waals surface area (Å²) in [7, 11) is 0. The summed E-state index contributed by atoms with van der Waals surface area (Å²) in [5.41, 5.74) is 5.97. The van der Waals surface area contributed by atoms with Crippen LogP contribution in [-0.4, -0.2) is 61.8 Å². The van der Waals surface area contributed by atoms with Crippen LogP contribution >= 0.6 is 0 Å². The summed E-state index contributed by atoms with van der Waals surface area (Å²) < 4.78 is 2.36. The molecule has 0 heterocycles. The van der Waals surface area contributed by atoms with E-state index in [0.29, 0.717) is 3.33 Å². The van der Waals surface area contributed by atoms with E-state index in [1.165, 1.54) is 19.1 Å². The maximum absolute atomic E-state index is 4.25. The van der Waals surface area contributed by atoms with Gasteiger partial charge in [0.05, 0.1) is 0 Å². The summed E-state index contributed by atoms with van der Waals surface area (Å²) in [6, 6.07) is 0. The van der Waals surface area contributed by atoms with E-state index in [9.17, 15) is 0 Å². The zero-order valence-electron chi connectivity index (χ0n) is 19.2. The van der Waals surface area contributed by atoms with Crippen LogP contribution in [-0.2, 0) is 0 Å². The molecule has 0 N–H and O–H groups in total. The van der Waals surface area contributed by atoms with Crippen molar-refractivity contribution in [3.8, 4) is 0 Å². The molecule has 0 nitrogen and oxygen atoms in total. The van der Waals surface area contributed by atoms with Crippen LogP contribution in [0, 0.1) is 0 Å². The quantitative estimate of drug-likeness (QED) is 0.186. The van der Waals surface area contributed by atoms with Crippen LogP contribution in [0.3, 0.4) is 0 Å². The Labute approximate surface area is 167 Å². The fourth-order valence-electron chi connectivity index (χ4n) is 4.65. The van der Waals surface area contributed by atoms with Crippen LogP contribution in [0.4, 0.5) is 0 Å². The van der Waals surface area contributed by atoms with E-state index in [1.807, 2.05) is 1.60 Å². The van der Waals surface area contributed by atoms with E-state index in [2.05, 4.69) is 77.9 Å². The molecule has 0 amide bonds. The van der Waals surface area contributed by atoms with Gasteiger partial charge in [-0.05, 0) is 0 Å².